The Balaban J connectivity index is 2.10. The number of fused-ring (bicyclic) bond motifs is 1. The van der Waals surface area contributed by atoms with Crippen molar-refractivity contribution >= 4 is 5.65 Å². The van der Waals surface area contributed by atoms with E-state index >= 15 is 0 Å². The van der Waals surface area contributed by atoms with Crippen LogP contribution in [-0.4, -0.2) is 21.1 Å². The van der Waals surface area contributed by atoms with Crippen molar-refractivity contribution in [3.63, 3.8) is 0 Å². The summed E-state index contributed by atoms with van der Waals surface area (Å²) >= 11 is 0. The van der Waals surface area contributed by atoms with E-state index in [-0.39, 0.29) is 11.6 Å². The van der Waals surface area contributed by atoms with Crippen LogP contribution < -0.4 is 10.9 Å². The summed E-state index contributed by atoms with van der Waals surface area (Å²) in [6.45, 7) is 4.98. The van der Waals surface area contributed by atoms with Crippen molar-refractivity contribution in [2.75, 3.05) is 6.54 Å². The van der Waals surface area contributed by atoms with Crippen molar-refractivity contribution in [1.82, 2.24) is 19.9 Å². The van der Waals surface area contributed by atoms with Crippen LogP contribution in [0.1, 0.15) is 49.2 Å². The van der Waals surface area contributed by atoms with Gasteiger partial charge in [-0.15, -0.1) is 0 Å². The molecular formula is C14H20N4O. The average molecular weight is 260 g/mol. The number of aromatic amines is 1. The first-order chi connectivity index (χ1) is 9.20. The Morgan fingerprint density at radius 2 is 2.32 bits per heavy atom. The summed E-state index contributed by atoms with van der Waals surface area (Å²) < 4.78 is 1.51. The summed E-state index contributed by atoms with van der Waals surface area (Å²) in [6, 6.07) is 2.28. The van der Waals surface area contributed by atoms with Gasteiger partial charge in [0.2, 0.25) is 0 Å². The largest absolute Gasteiger partial charge is 0.343 e. The maximum Gasteiger partial charge on any atom is 0.277 e. The molecule has 3 rings (SSSR count). The van der Waals surface area contributed by atoms with Gasteiger partial charge >= 0.3 is 0 Å². The summed E-state index contributed by atoms with van der Waals surface area (Å²) in [5.74, 6) is 0. The van der Waals surface area contributed by atoms with E-state index in [1.807, 2.05) is 19.9 Å². The minimum absolute atomic E-state index is 0.0100. The molecule has 1 saturated heterocycles. The van der Waals surface area contributed by atoms with Crippen LogP contribution in [0.25, 0.3) is 5.65 Å². The third-order valence-corrected chi connectivity index (χ3v) is 3.97. The highest BCUT2D eigenvalue weighted by Gasteiger charge is 2.19. The Morgan fingerprint density at radius 3 is 3.00 bits per heavy atom. The molecule has 3 heterocycles. The number of piperidine rings is 1. The smallest absolute Gasteiger partial charge is 0.277 e. The first-order valence-corrected chi connectivity index (χ1v) is 7.05. The van der Waals surface area contributed by atoms with Crippen molar-refractivity contribution in [1.29, 1.82) is 0 Å². The number of aryl methyl sites for hydroxylation is 1. The maximum atomic E-state index is 12.3. The van der Waals surface area contributed by atoms with Gasteiger partial charge in [0.15, 0.2) is 0 Å². The Labute approximate surface area is 112 Å². The van der Waals surface area contributed by atoms with Gasteiger partial charge in [-0.25, -0.2) is 0 Å². The number of nitrogens with one attached hydrogen (secondary N) is 2. The molecule has 1 fully saturated rings. The van der Waals surface area contributed by atoms with Gasteiger partial charge in [-0.05, 0) is 32.7 Å². The second-order valence-electron chi connectivity index (χ2n) is 5.26. The number of nitrogens with zero attached hydrogens (tertiary/aromatic N) is 2. The Kier molecular flexibility index (Phi) is 3.14. The van der Waals surface area contributed by atoms with Crippen LogP contribution in [0, 0.1) is 6.92 Å². The second kappa shape index (κ2) is 4.81. The van der Waals surface area contributed by atoms with Crippen LogP contribution in [0.4, 0.5) is 0 Å². The number of hydrogen-bond acceptors (Lipinski definition) is 3. The van der Waals surface area contributed by atoms with Gasteiger partial charge in [0, 0.05) is 17.3 Å². The van der Waals surface area contributed by atoms with Gasteiger partial charge in [-0.3, -0.25) is 4.79 Å². The molecule has 0 aromatic carbocycles. The van der Waals surface area contributed by atoms with Gasteiger partial charge in [-0.2, -0.15) is 9.61 Å². The van der Waals surface area contributed by atoms with Crippen molar-refractivity contribution in [2.24, 2.45) is 0 Å². The summed E-state index contributed by atoms with van der Waals surface area (Å²) in [5, 5.41) is 7.96. The Bertz CT molecular complexity index is 649. The molecule has 0 amide bonds. The van der Waals surface area contributed by atoms with Crippen molar-refractivity contribution in [3.8, 4) is 0 Å². The molecule has 5 nitrogen and oxygen atoms in total. The van der Waals surface area contributed by atoms with Gasteiger partial charge < -0.3 is 10.3 Å². The number of rotatable bonds is 2. The van der Waals surface area contributed by atoms with Crippen LogP contribution >= 0.6 is 0 Å². The first-order valence-electron chi connectivity index (χ1n) is 7.05. The highest BCUT2D eigenvalue weighted by molar-refractivity contribution is 5.42. The SMILES string of the molecule is CCc1c(C)[nH]c2cc([C@@H]3CCCCN3)nn2c1=O. The first kappa shape index (κ1) is 12.4. The highest BCUT2D eigenvalue weighted by atomic mass is 16.1. The lowest BCUT2D eigenvalue weighted by molar-refractivity contribution is 0.404. The predicted molar refractivity (Wildman–Crippen MR) is 74.5 cm³/mol. The molecule has 1 aliphatic rings. The minimum atomic E-state index is 0.0100. The normalized spacial score (nSPS) is 20.0. The van der Waals surface area contributed by atoms with Crippen molar-refractivity contribution in [2.45, 2.75) is 45.6 Å². The lowest BCUT2D eigenvalue weighted by Gasteiger charge is -2.21. The van der Waals surface area contributed by atoms with Crippen molar-refractivity contribution in [3.05, 3.63) is 33.4 Å². The Hall–Kier alpha value is -1.62. The van der Waals surface area contributed by atoms with Gasteiger partial charge in [-0.1, -0.05) is 13.3 Å². The molecule has 0 spiro atoms. The topological polar surface area (TPSA) is 62.2 Å². The van der Waals surface area contributed by atoms with Crippen molar-refractivity contribution < 1.29 is 0 Å². The summed E-state index contributed by atoms with van der Waals surface area (Å²) in [5.41, 5.74) is 3.54. The fraction of sp³-hybridized carbons (Fsp3) is 0.571. The molecule has 0 bridgehead atoms. The number of aromatic nitrogens is 3. The lowest BCUT2D eigenvalue weighted by Crippen LogP contribution is -2.27. The van der Waals surface area contributed by atoms with E-state index < -0.39 is 0 Å². The van der Waals surface area contributed by atoms with Crippen LogP contribution in [0.3, 0.4) is 0 Å². The zero-order valence-corrected chi connectivity index (χ0v) is 11.5. The molecule has 0 radical (unpaired) electrons. The molecule has 1 aliphatic heterocycles. The highest BCUT2D eigenvalue weighted by Crippen LogP contribution is 2.22. The van der Waals surface area contributed by atoms with Gasteiger partial charge in [0.1, 0.15) is 5.65 Å². The van der Waals surface area contributed by atoms with E-state index in [0.717, 1.165) is 42.0 Å². The van der Waals surface area contributed by atoms with Gasteiger partial charge in [0.05, 0.1) is 11.7 Å². The molecule has 0 unspecified atom stereocenters. The quantitative estimate of drug-likeness (QED) is 0.864. The molecular weight excluding hydrogens is 240 g/mol. The molecule has 19 heavy (non-hydrogen) atoms. The molecule has 5 heteroatoms. The maximum absolute atomic E-state index is 12.3. The second-order valence-corrected chi connectivity index (χ2v) is 5.26. The van der Waals surface area contributed by atoms with E-state index in [2.05, 4.69) is 15.4 Å². The molecule has 0 aliphatic carbocycles. The van der Waals surface area contributed by atoms with Gasteiger partial charge in [0.25, 0.3) is 5.56 Å². The van der Waals surface area contributed by atoms with Crippen LogP contribution in [0.15, 0.2) is 10.9 Å². The number of hydrogen-bond donors (Lipinski definition) is 2. The van der Waals surface area contributed by atoms with E-state index in [4.69, 9.17) is 0 Å². The third-order valence-electron chi connectivity index (χ3n) is 3.97. The summed E-state index contributed by atoms with van der Waals surface area (Å²) in [7, 11) is 0. The fourth-order valence-corrected chi connectivity index (χ4v) is 2.89. The number of H-pyrrole nitrogens is 1. The predicted octanol–water partition coefficient (Wildman–Crippen LogP) is 1.71. The molecule has 2 N–H and O–H groups in total. The molecule has 1 atom stereocenters. The molecule has 2 aromatic rings. The van der Waals surface area contributed by atoms with Crippen LogP contribution in [-0.2, 0) is 6.42 Å². The van der Waals surface area contributed by atoms with Crippen LogP contribution in [0.2, 0.25) is 0 Å². The molecule has 2 aromatic heterocycles. The van der Waals surface area contributed by atoms with E-state index in [1.54, 1.807) is 0 Å². The van der Waals surface area contributed by atoms with E-state index in [1.165, 1.54) is 17.4 Å². The Morgan fingerprint density at radius 1 is 1.47 bits per heavy atom. The lowest BCUT2D eigenvalue weighted by atomic mass is 10.0. The zero-order valence-electron chi connectivity index (χ0n) is 11.5. The standard InChI is InChI=1S/C14H20N4O/c1-3-10-9(2)16-13-8-12(17-18(13)14(10)19)11-6-4-5-7-15-11/h8,11,15-16H,3-7H2,1-2H3/t11-/m0/s1. The van der Waals surface area contributed by atoms with E-state index in [9.17, 15) is 4.79 Å². The minimum Gasteiger partial charge on any atom is -0.343 e. The van der Waals surface area contributed by atoms with Crippen LogP contribution in [0.5, 0.6) is 0 Å². The fourth-order valence-electron chi connectivity index (χ4n) is 2.89. The molecule has 102 valence electrons. The summed E-state index contributed by atoms with van der Waals surface area (Å²) in [6.07, 6.45) is 4.27. The molecule has 0 saturated carbocycles. The average Bonchev–Trinajstić information content (AvgIpc) is 2.84. The zero-order chi connectivity index (χ0) is 13.4. The monoisotopic (exact) mass is 260 g/mol. The summed E-state index contributed by atoms with van der Waals surface area (Å²) in [4.78, 5) is 15.6. The third kappa shape index (κ3) is 2.08. The van der Waals surface area contributed by atoms with E-state index in [0.29, 0.717) is 0 Å².